The van der Waals surface area contributed by atoms with E-state index >= 15 is 0 Å². The fourth-order valence-electron chi connectivity index (χ4n) is 5.49. The number of ether oxygens (including phenoxy) is 1. The van der Waals surface area contributed by atoms with Crippen molar-refractivity contribution in [3.8, 4) is 11.3 Å². The highest BCUT2D eigenvalue weighted by Crippen LogP contribution is 2.34. The normalized spacial score (nSPS) is 15.5. The first-order valence-corrected chi connectivity index (χ1v) is 14.5. The van der Waals surface area contributed by atoms with Gasteiger partial charge in [-0.15, -0.1) is 0 Å². The Hall–Kier alpha value is -4.52. The van der Waals surface area contributed by atoms with Gasteiger partial charge in [0.15, 0.2) is 0 Å². The van der Waals surface area contributed by atoms with Gasteiger partial charge in [0.2, 0.25) is 5.91 Å². The summed E-state index contributed by atoms with van der Waals surface area (Å²) in [6, 6.07) is 8.14. The van der Waals surface area contributed by atoms with E-state index in [1.807, 2.05) is 9.30 Å². The average Bonchev–Trinajstić information content (AvgIpc) is 3.42. The molecule has 1 saturated heterocycles. The van der Waals surface area contributed by atoms with Gasteiger partial charge in [0.1, 0.15) is 28.7 Å². The van der Waals surface area contributed by atoms with E-state index in [-0.39, 0.29) is 23.2 Å². The summed E-state index contributed by atoms with van der Waals surface area (Å²) in [4.78, 5) is 40.7. The molecule has 1 fully saturated rings. The number of carbonyl (C=O) groups is 2. The van der Waals surface area contributed by atoms with Gasteiger partial charge in [-0.05, 0) is 49.9 Å². The number of carbonyl (C=O) groups excluding carboxylic acids is 2. The van der Waals surface area contributed by atoms with Crippen LogP contribution in [0.1, 0.15) is 66.2 Å². The van der Waals surface area contributed by atoms with Crippen LogP contribution in [0.2, 0.25) is 0 Å². The number of nitrogens with two attached hydrogens (primary N) is 1. The summed E-state index contributed by atoms with van der Waals surface area (Å²) in [5.74, 6) is 0.393. The van der Waals surface area contributed by atoms with E-state index in [1.165, 1.54) is 0 Å². The minimum Gasteiger partial charge on any atom is -0.385 e. The number of methoxy groups -OCH3 is 1. The zero-order valence-corrected chi connectivity index (χ0v) is 24.3. The van der Waals surface area contributed by atoms with Gasteiger partial charge in [-0.2, -0.15) is 13.2 Å². The van der Waals surface area contributed by atoms with E-state index in [1.54, 1.807) is 43.8 Å². The summed E-state index contributed by atoms with van der Waals surface area (Å²) in [6.45, 7) is 1.97. The molecule has 44 heavy (non-hydrogen) atoms. The third kappa shape index (κ3) is 6.99. The number of piperidine rings is 1. The van der Waals surface area contributed by atoms with Crippen molar-refractivity contribution < 1.29 is 27.5 Å². The predicted molar refractivity (Wildman–Crippen MR) is 159 cm³/mol. The zero-order chi connectivity index (χ0) is 31.3. The molecule has 0 saturated carbocycles. The lowest BCUT2D eigenvalue weighted by Gasteiger charge is -2.32. The molecule has 3 N–H and O–H groups in total. The van der Waals surface area contributed by atoms with Crippen molar-refractivity contribution in [2.24, 2.45) is 0 Å². The number of anilines is 2. The van der Waals surface area contributed by atoms with Gasteiger partial charge in [-0.25, -0.2) is 15.0 Å². The van der Waals surface area contributed by atoms with Crippen LogP contribution in [0.4, 0.5) is 24.8 Å². The van der Waals surface area contributed by atoms with Crippen LogP contribution in [0.25, 0.3) is 16.8 Å². The largest absolute Gasteiger partial charge is 0.416 e. The number of amides is 2. The first-order chi connectivity index (χ1) is 21.2. The number of fused-ring (bicyclic) bond motifs is 1. The summed E-state index contributed by atoms with van der Waals surface area (Å²) in [6.07, 6.45) is 4.78. The maximum atomic E-state index is 13.0. The van der Waals surface area contributed by atoms with Gasteiger partial charge in [-0.1, -0.05) is 18.6 Å². The molecule has 10 nitrogen and oxygen atoms in total. The molecule has 4 aromatic rings. The standard InChI is InChI=1S/C31H34F3N7O3/c1-44-17-4-2-3-7-25(42)40-15-5-6-22(19-40)29-39-26(27-28(35)37-14-16-41(27)29)20-8-10-21(11-9-20)30(43)38-24-18-23(12-13-36-24)31(32,33)34/h8-14,16,18,22H,2-7,15,17,19H2,1H3,(H2,35,37)(H,36,38,43)/t22-/m1/s1. The molecule has 2 amide bonds. The Kier molecular flexibility index (Phi) is 9.43. The molecule has 13 heteroatoms. The smallest absolute Gasteiger partial charge is 0.385 e. The van der Waals surface area contributed by atoms with Crippen LogP contribution in [0, 0.1) is 0 Å². The van der Waals surface area contributed by atoms with Crippen LogP contribution in [0.15, 0.2) is 55.0 Å². The molecule has 0 aliphatic carbocycles. The number of pyridine rings is 1. The van der Waals surface area contributed by atoms with Crippen LogP contribution >= 0.6 is 0 Å². The number of alkyl halides is 3. The number of nitrogen functional groups attached to an aromatic ring is 1. The number of unbranched alkanes of at least 4 members (excludes halogenated alkanes) is 2. The molecule has 1 atom stereocenters. The highest BCUT2D eigenvalue weighted by molar-refractivity contribution is 6.04. The predicted octanol–water partition coefficient (Wildman–Crippen LogP) is 5.56. The second-order valence-corrected chi connectivity index (χ2v) is 10.8. The van der Waals surface area contributed by atoms with Crippen molar-refractivity contribution in [3.63, 3.8) is 0 Å². The minimum absolute atomic E-state index is 0.00532. The van der Waals surface area contributed by atoms with Gasteiger partial charge in [0.25, 0.3) is 5.91 Å². The third-order valence-electron chi connectivity index (χ3n) is 7.74. The third-order valence-corrected chi connectivity index (χ3v) is 7.74. The minimum atomic E-state index is -4.55. The SMILES string of the molecule is COCCCCCC(=O)N1CCC[C@@H](c2nc(-c3ccc(C(=O)Nc4cc(C(F)(F)F)ccn4)cc3)c3c(N)nccn23)C1. The Morgan fingerprint density at radius 3 is 2.64 bits per heavy atom. The highest BCUT2D eigenvalue weighted by Gasteiger charge is 2.31. The van der Waals surface area contributed by atoms with Gasteiger partial charge < -0.3 is 20.7 Å². The first-order valence-electron chi connectivity index (χ1n) is 14.5. The Morgan fingerprint density at radius 2 is 1.89 bits per heavy atom. The molecule has 1 aliphatic heterocycles. The lowest BCUT2D eigenvalue weighted by molar-refractivity contribution is -0.137. The van der Waals surface area contributed by atoms with Crippen molar-refractivity contribution in [3.05, 3.63) is 71.9 Å². The van der Waals surface area contributed by atoms with E-state index in [4.69, 9.17) is 15.5 Å². The fourth-order valence-corrected chi connectivity index (χ4v) is 5.49. The number of nitrogens with zero attached hydrogens (tertiary/aromatic N) is 5. The summed E-state index contributed by atoms with van der Waals surface area (Å²) in [5, 5.41) is 2.41. The summed E-state index contributed by atoms with van der Waals surface area (Å²) >= 11 is 0. The number of hydrogen-bond acceptors (Lipinski definition) is 7. The van der Waals surface area contributed by atoms with Crippen molar-refractivity contribution in [1.29, 1.82) is 0 Å². The molecule has 0 bridgehead atoms. The molecular formula is C31H34F3N7O3. The highest BCUT2D eigenvalue weighted by atomic mass is 19.4. The zero-order valence-electron chi connectivity index (χ0n) is 24.3. The van der Waals surface area contributed by atoms with Crippen LogP contribution in [0.3, 0.4) is 0 Å². The number of imidazole rings is 1. The lowest BCUT2D eigenvalue weighted by Crippen LogP contribution is -2.39. The molecule has 1 aromatic carbocycles. The van der Waals surface area contributed by atoms with Gasteiger partial charge >= 0.3 is 6.18 Å². The summed E-state index contributed by atoms with van der Waals surface area (Å²) in [5.41, 5.74) is 7.52. The van der Waals surface area contributed by atoms with Crippen LogP contribution in [0.5, 0.6) is 0 Å². The molecule has 0 radical (unpaired) electrons. The van der Waals surface area contributed by atoms with E-state index in [0.29, 0.717) is 48.7 Å². The van der Waals surface area contributed by atoms with Crippen molar-refractivity contribution >= 4 is 29.0 Å². The molecule has 0 unspecified atom stereocenters. The Morgan fingerprint density at radius 1 is 1.09 bits per heavy atom. The van der Waals surface area contributed by atoms with E-state index in [2.05, 4.69) is 15.3 Å². The van der Waals surface area contributed by atoms with Crippen molar-refractivity contribution in [2.75, 3.05) is 37.9 Å². The Balaban J connectivity index is 1.34. The monoisotopic (exact) mass is 609 g/mol. The second kappa shape index (κ2) is 13.4. The van der Waals surface area contributed by atoms with Gasteiger partial charge in [-0.3, -0.25) is 14.0 Å². The van der Waals surface area contributed by atoms with E-state index in [0.717, 1.165) is 56.3 Å². The van der Waals surface area contributed by atoms with Crippen molar-refractivity contribution in [2.45, 2.75) is 50.6 Å². The first kappa shape index (κ1) is 30.9. The molecule has 5 rings (SSSR count). The quantitative estimate of drug-likeness (QED) is 0.226. The molecule has 0 spiro atoms. The van der Waals surface area contributed by atoms with Gasteiger partial charge in [0.05, 0.1) is 5.56 Å². The second-order valence-electron chi connectivity index (χ2n) is 10.8. The number of rotatable bonds is 10. The Bertz CT molecular complexity index is 1620. The molecular weight excluding hydrogens is 575 g/mol. The molecule has 232 valence electrons. The Labute approximate surface area is 252 Å². The maximum Gasteiger partial charge on any atom is 0.416 e. The molecule has 1 aliphatic rings. The van der Waals surface area contributed by atoms with E-state index < -0.39 is 17.6 Å². The summed E-state index contributed by atoms with van der Waals surface area (Å²) in [7, 11) is 1.67. The number of aromatic nitrogens is 4. The van der Waals surface area contributed by atoms with Gasteiger partial charge in [0, 0.05) is 68.9 Å². The number of likely N-dealkylation sites (tertiary alicyclic amines) is 1. The van der Waals surface area contributed by atoms with E-state index in [9.17, 15) is 22.8 Å². The number of hydrogen-bond donors (Lipinski definition) is 2. The fraction of sp³-hybridized carbons (Fsp3) is 0.387. The number of halogens is 3. The van der Waals surface area contributed by atoms with Crippen LogP contribution < -0.4 is 11.1 Å². The number of benzene rings is 1. The number of nitrogens with one attached hydrogen (secondary N) is 1. The van der Waals surface area contributed by atoms with Crippen LogP contribution in [-0.2, 0) is 15.7 Å². The lowest BCUT2D eigenvalue weighted by atomic mass is 9.96. The summed E-state index contributed by atoms with van der Waals surface area (Å²) < 4.78 is 46.1. The molecule has 3 aromatic heterocycles. The molecule has 4 heterocycles. The van der Waals surface area contributed by atoms with Crippen LogP contribution in [-0.4, -0.2) is 62.9 Å². The maximum absolute atomic E-state index is 13.0. The topological polar surface area (TPSA) is 128 Å². The average molecular weight is 610 g/mol. The van der Waals surface area contributed by atoms with Crippen molar-refractivity contribution in [1.82, 2.24) is 24.3 Å².